The van der Waals surface area contributed by atoms with E-state index in [2.05, 4.69) is 35.3 Å². The van der Waals surface area contributed by atoms with Gasteiger partial charge >= 0.3 is 6.03 Å². The van der Waals surface area contributed by atoms with Gasteiger partial charge in [0.25, 0.3) is 0 Å². The summed E-state index contributed by atoms with van der Waals surface area (Å²) in [6, 6.07) is 17.6. The van der Waals surface area contributed by atoms with Crippen LogP contribution in [0.4, 0.5) is 21.9 Å². The molecule has 0 saturated heterocycles. The molecule has 0 atom stereocenters. The normalized spacial score (nSPS) is 13.8. The largest absolute Gasteiger partial charge is 0.367 e. The van der Waals surface area contributed by atoms with Crippen LogP contribution in [0.1, 0.15) is 0 Å². The molecule has 2 aromatic carbocycles. The first kappa shape index (κ1) is 16.3. The monoisotopic (exact) mass is 324 g/mol. The van der Waals surface area contributed by atoms with Crippen molar-refractivity contribution in [1.29, 1.82) is 0 Å². The molecule has 0 radical (unpaired) electrons. The van der Waals surface area contributed by atoms with Crippen molar-refractivity contribution in [3.63, 3.8) is 0 Å². The lowest BCUT2D eigenvalue weighted by Gasteiger charge is -2.38. The topological polar surface area (TPSA) is 38.8 Å². The van der Waals surface area contributed by atoms with Crippen LogP contribution in [0.15, 0.2) is 54.6 Å². The molecule has 1 N–H and O–H groups in total. The van der Waals surface area contributed by atoms with Gasteiger partial charge in [-0.3, -0.25) is 4.90 Å². The van der Waals surface area contributed by atoms with Gasteiger partial charge in [0.1, 0.15) is 0 Å². The maximum atomic E-state index is 12.7. The van der Waals surface area contributed by atoms with E-state index in [1.807, 2.05) is 53.4 Å². The van der Waals surface area contributed by atoms with Crippen LogP contribution in [-0.2, 0) is 0 Å². The van der Waals surface area contributed by atoms with Gasteiger partial charge in [-0.2, -0.15) is 0 Å². The number of carbonyl (C=O) groups is 1. The summed E-state index contributed by atoms with van der Waals surface area (Å²) in [7, 11) is 4.16. The van der Waals surface area contributed by atoms with E-state index in [4.69, 9.17) is 0 Å². The van der Waals surface area contributed by atoms with Crippen LogP contribution in [-0.4, -0.2) is 51.2 Å². The Kier molecular flexibility index (Phi) is 5.01. The number of carbonyl (C=O) groups excluding carboxylic acids is 1. The summed E-state index contributed by atoms with van der Waals surface area (Å²) in [5.74, 6) is 0. The average Bonchev–Trinajstić information content (AvgIpc) is 2.60. The van der Waals surface area contributed by atoms with Gasteiger partial charge in [-0.05, 0) is 38.4 Å². The molecule has 0 aliphatic carbocycles. The van der Waals surface area contributed by atoms with Gasteiger partial charge in [0.15, 0.2) is 0 Å². The number of likely N-dealkylation sites (N-methyl/N-ethyl adjacent to an activating group) is 1. The second-order valence-electron chi connectivity index (χ2n) is 6.23. The Morgan fingerprint density at radius 3 is 2.38 bits per heavy atom. The molecule has 1 heterocycles. The van der Waals surface area contributed by atoms with Crippen molar-refractivity contribution in [1.82, 2.24) is 4.90 Å². The molecule has 2 amide bonds. The van der Waals surface area contributed by atoms with Crippen molar-refractivity contribution in [3.8, 4) is 0 Å². The van der Waals surface area contributed by atoms with Crippen LogP contribution in [0.25, 0.3) is 0 Å². The zero-order chi connectivity index (χ0) is 16.9. The maximum Gasteiger partial charge on any atom is 0.326 e. The Labute approximate surface area is 143 Å². The Balaban J connectivity index is 1.77. The van der Waals surface area contributed by atoms with Crippen molar-refractivity contribution in [3.05, 3.63) is 54.6 Å². The molecular formula is C19H24N4O. The van der Waals surface area contributed by atoms with E-state index in [-0.39, 0.29) is 6.03 Å². The summed E-state index contributed by atoms with van der Waals surface area (Å²) in [5.41, 5.74) is 2.90. The second kappa shape index (κ2) is 7.36. The number of hydrogen-bond donors (Lipinski definition) is 1. The fourth-order valence-corrected chi connectivity index (χ4v) is 2.90. The Morgan fingerprint density at radius 1 is 1.00 bits per heavy atom. The van der Waals surface area contributed by atoms with Crippen LogP contribution in [0.2, 0.25) is 0 Å². The average molecular weight is 324 g/mol. The summed E-state index contributed by atoms with van der Waals surface area (Å²) in [5, 5.41) is 2.98. The van der Waals surface area contributed by atoms with E-state index in [1.165, 1.54) is 0 Å². The third kappa shape index (κ3) is 3.68. The van der Waals surface area contributed by atoms with Gasteiger partial charge in [-0.25, -0.2) is 4.79 Å². The fourth-order valence-electron chi connectivity index (χ4n) is 2.90. The maximum absolute atomic E-state index is 12.7. The summed E-state index contributed by atoms with van der Waals surface area (Å²) in [6.45, 7) is 3.47. The number of rotatable bonds is 4. The highest BCUT2D eigenvalue weighted by molar-refractivity contribution is 6.04. The first-order valence-electron chi connectivity index (χ1n) is 8.27. The van der Waals surface area contributed by atoms with Gasteiger partial charge in [-0.1, -0.05) is 30.3 Å². The number of benzene rings is 2. The van der Waals surface area contributed by atoms with Crippen LogP contribution < -0.4 is 15.1 Å². The Bertz CT molecular complexity index is 687. The molecule has 0 saturated carbocycles. The standard InChI is InChI=1S/C19H24N4O/c1-21(2)12-13-22-14-15-23(18-11-7-6-10-17(18)22)19(24)20-16-8-4-3-5-9-16/h3-11H,12-15H2,1-2H3,(H,20,24). The number of nitrogens with one attached hydrogen (secondary N) is 1. The van der Waals surface area contributed by atoms with Crippen molar-refractivity contribution < 1.29 is 4.79 Å². The van der Waals surface area contributed by atoms with E-state index in [9.17, 15) is 4.79 Å². The molecule has 3 rings (SSSR count). The van der Waals surface area contributed by atoms with Crippen molar-refractivity contribution >= 4 is 23.1 Å². The zero-order valence-electron chi connectivity index (χ0n) is 14.3. The summed E-state index contributed by atoms with van der Waals surface area (Å²) in [6.07, 6.45) is 0. The molecule has 24 heavy (non-hydrogen) atoms. The Morgan fingerprint density at radius 2 is 1.67 bits per heavy atom. The van der Waals surface area contributed by atoms with E-state index < -0.39 is 0 Å². The molecule has 2 aromatic rings. The fraction of sp³-hybridized carbons (Fsp3) is 0.316. The molecule has 0 bridgehead atoms. The Hall–Kier alpha value is -2.53. The van der Waals surface area contributed by atoms with Crippen LogP contribution in [0.3, 0.4) is 0 Å². The van der Waals surface area contributed by atoms with Gasteiger partial charge in [-0.15, -0.1) is 0 Å². The smallest absolute Gasteiger partial charge is 0.326 e. The van der Waals surface area contributed by atoms with Gasteiger partial charge in [0.2, 0.25) is 0 Å². The number of para-hydroxylation sites is 3. The number of nitrogens with zero attached hydrogens (tertiary/aromatic N) is 3. The minimum Gasteiger partial charge on any atom is -0.367 e. The number of amides is 2. The predicted molar refractivity (Wildman–Crippen MR) is 100 cm³/mol. The van der Waals surface area contributed by atoms with E-state index in [0.717, 1.165) is 36.7 Å². The highest BCUT2D eigenvalue weighted by Gasteiger charge is 2.26. The minimum absolute atomic E-state index is 0.0825. The number of fused-ring (bicyclic) bond motifs is 1. The van der Waals surface area contributed by atoms with Crippen molar-refractivity contribution in [2.75, 3.05) is 55.4 Å². The van der Waals surface area contributed by atoms with Gasteiger partial charge in [0.05, 0.1) is 11.4 Å². The molecule has 5 nitrogen and oxygen atoms in total. The van der Waals surface area contributed by atoms with E-state index in [1.54, 1.807) is 0 Å². The molecular weight excluding hydrogens is 300 g/mol. The predicted octanol–water partition coefficient (Wildman–Crippen LogP) is 3.11. The molecule has 126 valence electrons. The molecule has 1 aliphatic heterocycles. The summed E-state index contributed by atoms with van der Waals surface area (Å²) < 4.78 is 0. The number of urea groups is 1. The molecule has 1 aliphatic rings. The van der Waals surface area contributed by atoms with Crippen molar-refractivity contribution in [2.45, 2.75) is 0 Å². The van der Waals surface area contributed by atoms with Crippen LogP contribution in [0, 0.1) is 0 Å². The van der Waals surface area contributed by atoms with Crippen molar-refractivity contribution in [2.24, 2.45) is 0 Å². The molecule has 5 heteroatoms. The molecule has 0 aromatic heterocycles. The van der Waals surface area contributed by atoms with E-state index >= 15 is 0 Å². The highest BCUT2D eigenvalue weighted by Crippen LogP contribution is 2.33. The second-order valence-corrected chi connectivity index (χ2v) is 6.23. The first-order valence-corrected chi connectivity index (χ1v) is 8.27. The zero-order valence-corrected chi connectivity index (χ0v) is 14.3. The number of anilines is 3. The quantitative estimate of drug-likeness (QED) is 0.939. The van der Waals surface area contributed by atoms with E-state index in [0.29, 0.717) is 6.54 Å². The highest BCUT2D eigenvalue weighted by atomic mass is 16.2. The molecule has 0 spiro atoms. The van der Waals surface area contributed by atoms with Gasteiger partial charge < -0.3 is 15.1 Å². The van der Waals surface area contributed by atoms with Crippen LogP contribution in [0.5, 0.6) is 0 Å². The van der Waals surface area contributed by atoms with Gasteiger partial charge in [0, 0.05) is 31.9 Å². The molecule has 0 fully saturated rings. The lowest BCUT2D eigenvalue weighted by Crippen LogP contribution is -2.47. The third-order valence-electron chi connectivity index (χ3n) is 4.19. The third-order valence-corrected chi connectivity index (χ3v) is 4.19. The summed E-state index contributed by atoms with van der Waals surface area (Å²) >= 11 is 0. The summed E-state index contributed by atoms with van der Waals surface area (Å²) in [4.78, 5) is 19.0. The lowest BCUT2D eigenvalue weighted by molar-refractivity contribution is 0.256. The first-order chi connectivity index (χ1) is 11.6. The number of hydrogen-bond acceptors (Lipinski definition) is 3. The minimum atomic E-state index is -0.0825. The molecule has 0 unspecified atom stereocenters. The van der Waals surface area contributed by atoms with Crippen LogP contribution >= 0.6 is 0 Å². The SMILES string of the molecule is CN(C)CCN1CCN(C(=O)Nc2ccccc2)c2ccccc21. The lowest BCUT2D eigenvalue weighted by atomic mass is 10.1.